The average Bonchev–Trinajstić information content (AvgIpc) is 3.33. The van der Waals surface area contributed by atoms with Gasteiger partial charge in [-0.3, -0.25) is 4.79 Å². The number of aliphatic hydroxyl groups is 2. The van der Waals surface area contributed by atoms with Gasteiger partial charge < -0.3 is 15.5 Å². The number of hydrogen-bond donors (Lipinski definition) is 3. The summed E-state index contributed by atoms with van der Waals surface area (Å²) in [5.41, 5.74) is 0. The SMILES string of the molecule is CCCCCCCCCC/C=C\CCCCCCCCCCCCCCCC(=O)NC(CO)C(O)/C=C/CC/C=C/CC/C=C/CCCCCCCCCCCCCCCCCCCCCC. The van der Waals surface area contributed by atoms with E-state index in [9.17, 15) is 15.0 Å². The van der Waals surface area contributed by atoms with Crippen molar-refractivity contribution in [3.63, 3.8) is 0 Å². The van der Waals surface area contributed by atoms with Gasteiger partial charge in [0.1, 0.15) is 0 Å². The summed E-state index contributed by atoms with van der Waals surface area (Å²) in [4.78, 5) is 12.5. The van der Waals surface area contributed by atoms with Crippen molar-refractivity contribution in [2.45, 2.75) is 341 Å². The summed E-state index contributed by atoms with van der Waals surface area (Å²) in [5, 5.41) is 23.2. The molecule has 2 atom stereocenters. The van der Waals surface area contributed by atoms with Gasteiger partial charge in [-0.2, -0.15) is 0 Å². The minimum atomic E-state index is -0.872. The fourth-order valence-electron chi connectivity index (χ4n) is 9.39. The Morgan fingerprint density at radius 3 is 0.866 bits per heavy atom. The molecule has 0 fully saturated rings. The van der Waals surface area contributed by atoms with Crippen LogP contribution in [0.15, 0.2) is 48.6 Å². The second-order valence-electron chi connectivity index (χ2n) is 20.7. The van der Waals surface area contributed by atoms with Crippen LogP contribution in [-0.4, -0.2) is 34.9 Å². The number of nitrogens with one attached hydrogen (secondary N) is 1. The topological polar surface area (TPSA) is 69.6 Å². The van der Waals surface area contributed by atoms with Gasteiger partial charge in [-0.1, -0.05) is 300 Å². The summed E-state index contributed by atoms with van der Waals surface area (Å²) in [6.07, 6.45) is 81.6. The minimum Gasteiger partial charge on any atom is -0.394 e. The van der Waals surface area contributed by atoms with E-state index in [-0.39, 0.29) is 12.5 Å². The Balaban J connectivity index is 3.53. The average molecular weight is 939 g/mol. The summed E-state index contributed by atoms with van der Waals surface area (Å²) >= 11 is 0. The minimum absolute atomic E-state index is 0.0743. The number of carbonyl (C=O) groups excluding carboxylic acids is 1. The zero-order valence-electron chi connectivity index (χ0n) is 45.4. The summed E-state index contributed by atoms with van der Waals surface area (Å²) < 4.78 is 0. The molecule has 0 saturated heterocycles. The molecule has 67 heavy (non-hydrogen) atoms. The van der Waals surface area contributed by atoms with Gasteiger partial charge in [-0.25, -0.2) is 0 Å². The van der Waals surface area contributed by atoms with Crippen molar-refractivity contribution in [2.75, 3.05) is 6.61 Å². The fourth-order valence-corrected chi connectivity index (χ4v) is 9.39. The van der Waals surface area contributed by atoms with Gasteiger partial charge in [0.05, 0.1) is 18.8 Å². The number of aliphatic hydroxyl groups excluding tert-OH is 2. The van der Waals surface area contributed by atoms with E-state index in [1.165, 1.54) is 270 Å². The molecule has 0 aliphatic heterocycles. The van der Waals surface area contributed by atoms with Crippen LogP contribution >= 0.6 is 0 Å². The molecule has 0 aromatic carbocycles. The molecule has 3 N–H and O–H groups in total. The molecular formula is C63H119NO3. The van der Waals surface area contributed by atoms with E-state index < -0.39 is 12.1 Å². The van der Waals surface area contributed by atoms with E-state index in [2.05, 4.69) is 55.6 Å². The first kappa shape index (κ1) is 65.3. The van der Waals surface area contributed by atoms with Crippen LogP contribution in [0.2, 0.25) is 0 Å². The van der Waals surface area contributed by atoms with Crippen molar-refractivity contribution in [3.8, 4) is 0 Å². The Morgan fingerprint density at radius 1 is 0.343 bits per heavy atom. The van der Waals surface area contributed by atoms with Crippen molar-refractivity contribution < 1.29 is 15.0 Å². The van der Waals surface area contributed by atoms with Crippen LogP contribution in [0.25, 0.3) is 0 Å². The lowest BCUT2D eigenvalue weighted by molar-refractivity contribution is -0.123. The lowest BCUT2D eigenvalue weighted by Crippen LogP contribution is -2.45. The number of rotatable bonds is 56. The number of carbonyl (C=O) groups is 1. The van der Waals surface area contributed by atoms with E-state index in [4.69, 9.17) is 0 Å². The van der Waals surface area contributed by atoms with E-state index in [0.717, 1.165) is 38.5 Å². The summed E-state index contributed by atoms with van der Waals surface area (Å²) in [5.74, 6) is -0.0743. The number of amides is 1. The molecule has 394 valence electrons. The Bertz CT molecular complexity index is 1060. The van der Waals surface area contributed by atoms with Crippen molar-refractivity contribution in [1.29, 1.82) is 0 Å². The van der Waals surface area contributed by atoms with Crippen molar-refractivity contribution in [2.24, 2.45) is 0 Å². The molecule has 0 aromatic heterocycles. The van der Waals surface area contributed by atoms with E-state index >= 15 is 0 Å². The van der Waals surface area contributed by atoms with Crippen LogP contribution in [0.1, 0.15) is 328 Å². The van der Waals surface area contributed by atoms with Crippen LogP contribution in [-0.2, 0) is 4.79 Å². The van der Waals surface area contributed by atoms with Gasteiger partial charge in [-0.15, -0.1) is 0 Å². The predicted molar refractivity (Wildman–Crippen MR) is 299 cm³/mol. The van der Waals surface area contributed by atoms with Gasteiger partial charge in [0, 0.05) is 6.42 Å². The molecule has 0 radical (unpaired) electrons. The first-order valence-corrected chi connectivity index (χ1v) is 30.4. The highest BCUT2D eigenvalue weighted by Crippen LogP contribution is 2.17. The molecule has 2 unspecified atom stereocenters. The van der Waals surface area contributed by atoms with Crippen LogP contribution in [0, 0.1) is 0 Å². The third-order valence-corrected chi connectivity index (χ3v) is 14.0. The smallest absolute Gasteiger partial charge is 0.220 e. The quantitative estimate of drug-likeness (QED) is 0.0420. The van der Waals surface area contributed by atoms with Crippen molar-refractivity contribution in [1.82, 2.24) is 5.32 Å². The first-order chi connectivity index (χ1) is 33.2. The van der Waals surface area contributed by atoms with Gasteiger partial charge in [0.2, 0.25) is 5.91 Å². The normalized spacial score (nSPS) is 13.1. The molecule has 1 amide bonds. The van der Waals surface area contributed by atoms with E-state index in [1.807, 2.05) is 6.08 Å². The molecule has 0 spiro atoms. The predicted octanol–water partition coefficient (Wildman–Crippen LogP) is 20.2. The van der Waals surface area contributed by atoms with E-state index in [1.54, 1.807) is 6.08 Å². The zero-order valence-corrected chi connectivity index (χ0v) is 45.4. The molecule has 0 aliphatic carbocycles. The number of allylic oxidation sites excluding steroid dienone is 7. The van der Waals surface area contributed by atoms with Crippen molar-refractivity contribution >= 4 is 5.91 Å². The standard InChI is InChI=1S/C63H119NO3/c1-3-5-7-9-11-13-15-17-19-21-23-25-27-29-30-31-32-33-35-36-38-40-42-44-46-48-50-52-54-56-58-62(66)61(60-65)64-63(67)59-57-55-53-51-49-47-45-43-41-39-37-34-28-26-24-22-20-18-16-14-12-10-8-6-4-2/h22,24,40,42,48,50,56,58,61-62,65-66H,3-21,23,25-39,41,43-47,49,51-55,57,59-60H2,1-2H3,(H,64,67)/b24-22-,42-40+,50-48+,58-56+. The summed E-state index contributed by atoms with van der Waals surface area (Å²) in [7, 11) is 0. The Labute approximate surface area is 420 Å². The maximum Gasteiger partial charge on any atom is 0.220 e. The van der Waals surface area contributed by atoms with Crippen LogP contribution in [0.3, 0.4) is 0 Å². The third-order valence-electron chi connectivity index (χ3n) is 14.0. The summed E-state index contributed by atoms with van der Waals surface area (Å²) in [6.45, 7) is 4.33. The highest BCUT2D eigenvalue weighted by molar-refractivity contribution is 5.76. The number of unbranched alkanes of at least 4 members (excludes halogenated alkanes) is 43. The lowest BCUT2D eigenvalue weighted by Gasteiger charge is -2.19. The second-order valence-corrected chi connectivity index (χ2v) is 20.7. The lowest BCUT2D eigenvalue weighted by atomic mass is 10.0. The van der Waals surface area contributed by atoms with Crippen LogP contribution in [0.4, 0.5) is 0 Å². The molecule has 0 saturated carbocycles. The Morgan fingerprint density at radius 2 is 0.582 bits per heavy atom. The molecule has 4 nitrogen and oxygen atoms in total. The van der Waals surface area contributed by atoms with Crippen LogP contribution < -0.4 is 5.32 Å². The second kappa shape index (κ2) is 58.7. The summed E-state index contributed by atoms with van der Waals surface area (Å²) in [6, 6.07) is -0.647. The maximum absolute atomic E-state index is 12.5. The van der Waals surface area contributed by atoms with Crippen molar-refractivity contribution in [3.05, 3.63) is 48.6 Å². The third kappa shape index (κ3) is 55.2. The highest BCUT2D eigenvalue weighted by atomic mass is 16.3. The zero-order chi connectivity index (χ0) is 48.5. The molecule has 4 heteroatoms. The van der Waals surface area contributed by atoms with Gasteiger partial charge in [0.15, 0.2) is 0 Å². The molecule has 0 heterocycles. The molecule has 0 aliphatic rings. The largest absolute Gasteiger partial charge is 0.394 e. The molecule has 0 bridgehead atoms. The Hall–Kier alpha value is -1.65. The molecular weight excluding hydrogens is 819 g/mol. The fraction of sp³-hybridized carbons (Fsp3) is 0.857. The number of hydrogen-bond acceptors (Lipinski definition) is 3. The Kier molecular flexibility index (Phi) is 57.2. The van der Waals surface area contributed by atoms with E-state index in [0.29, 0.717) is 6.42 Å². The van der Waals surface area contributed by atoms with Gasteiger partial charge in [0.25, 0.3) is 0 Å². The monoisotopic (exact) mass is 938 g/mol. The molecule has 0 rings (SSSR count). The maximum atomic E-state index is 12.5. The molecule has 0 aromatic rings. The van der Waals surface area contributed by atoms with Gasteiger partial charge in [-0.05, 0) is 70.6 Å². The van der Waals surface area contributed by atoms with Crippen LogP contribution in [0.5, 0.6) is 0 Å². The van der Waals surface area contributed by atoms with Gasteiger partial charge >= 0.3 is 0 Å². The highest BCUT2D eigenvalue weighted by Gasteiger charge is 2.18. The first-order valence-electron chi connectivity index (χ1n) is 30.4.